The molecule has 0 atom stereocenters. The maximum absolute atomic E-state index is 10.7. The number of ether oxygens (including phenoxy) is 1. The van der Waals surface area contributed by atoms with E-state index in [-0.39, 0.29) is 30.7 Å². The molecule has 0 aromatic heterocycles. The number of hydrogen-bond acceptors (Lipinski definition) is 8. The highest BCUT2D eigenvalue weighted by Gasteiger charge is 1.98. The number of rotatable bonds is 8. The van der Waals surface area contributed by atoms with Crippen molar-refractivity contribution in [3.8, 4) is 0 Å². The number of thiol groups is 2. The lowest BCUT2D eigenvalue weighted by Gasteiger charge is -1.99. The van der Waals surface area contributed by atoms with Crippen molar-refractivity contribution in [2.75, 3.05) is 31.3 Å². The molecule has 0 radical (unpaired) electrons. The number of aliphatic hydroxyl groups is 2. The SMILES string of the molecule is CCCCCC(=O)OCC.O=C(O)CS.O=C(O)CS.OCCO. The largest absolute Gasteiger partial charge is 0.481 e. The Labute approximate surface area is 154 Å². The Hall–Kier alpha value is -0.970. The summed E-state index contributed by atoms with van der Waals surface area (Å²) in [6, 6.07) is 0. The van der Waals surface area contributed by atoms with Crippen LogP contribution in [0.25, 0.3) is 0 Å². The van der Waals surface area contributed by atoms with E-state index in [0.717, 1.165) is 19.3 Å². The number of esters is 1. The van der Waals surface area contributed by atoms with Gasteiger partial charge in [0.05, 0.1) is 31.3 Å². The number of aliphatic carboxylic acids is 2. The molecule has 0 heterocycles. The van der Waals surface area contributed by atoms with Gasteiger partial charge in [0.15, 0.2) is 0 Å². The zero-order valence-electron chi connectivity index (χ0n) is 14.2. The van der Waals surface area contributed by atoms with Crippen LogP contribution < -0.4 is 0 Å². The molecule has 146 valence electrons. The molecular formula is C14H30O8S2. The molecule has 4 N–H and O–H groups in total. The second kappa shape index (κ2) is 30.0. The first-order chi connectivity index (χ1) is 11.3. The van der Waals surface area contributed by atoms with E-state index in [9.17, 15) is 14.4 Å². The van der Waals surface area contributed by atoms with Crippen LogP contribution in [0.3, 0.4) is 0 Å². The minimum absolute atomic E-state index is 0.0593. The minimum Gasteiger partial charge on any atom is -0.481 e. The molecule has 24 heavy (non-hydrogen) atoms. The Morgan fingerprint density at radius 1 is 0.875 bits per heavy atom. The van der Waals surface area contributed by atoms with Crippen molar-refractivity contribution >= 4 is 43.2 Å². The molecule has 0 fully saturated rings. The summed E-state index contributed by atoms with van der Waals surface area (Å²) >= 11 is 6.83. The van der Waals surface area contributed by atoms with Gasteiger partial charge in [-0.2, -0.15) is 25.3 Å². The van der Waals surface area contributed by atoms with Gasteiger partial charge in [-0.1, -0.05) is 19.8 Å². The molecule has 0 aromatic carbocycles. The van der Waals surface area contributed by atoms with Gasteiger partial charge >= 0.3 is 17.9 Å². The fraction of sp³-hybridized carbons (Fsp3) is 0.786. The third kappa shape index (κ3) is 58.3. The summed E-state index contributed by atoms with van der Waals surface area (Å²) in [5, 5.41) is 30.5. The smallest absolute Gasteiger partial charge is 0.313 e. The van der Waals surface area contributed by atoms with Gasteiger partial charge in [0.2, 0.25) is 0 Å². The lowest BCUT2D eigenvalue weighted by molar-refractivity contribution is -0.143. The van der Waals surface area contributed by atoms with Gasteiger partial charge in [0.25, 0.3) is 0 Å². The fourth-order valence-corrected chi connectivity index (χ4v) is 0.752. The van der Waals surface area contributed by atoms with Crippen molar-refractivity contribution in [2.45, 2.75) is 39.5 Å². The number of unbranched alkanes of at least 4 members (excludes halogenated alkanes) is 2. The number of carboxylic acids is 2. The maximum atomic E-state index is 10.7. The van der Waals surface area contributed by atoms with Crippen LogP contribution in [0, 0.1) is 0 Å². The predicted octanol–water partition coefficient (Wildman–Crippen LogP) is 1.10. The number of hydrogen-bond donors (Lipinski definition) is 6. The van der Waals surface area contributed by atoms with E-state index >= 15 is 0 Å². The molecule has 0 aliphatic rings. The molecule has 0 amide bonds. The summed E-state index contributed by atoms with van der Waals surface area (Å²) < 4.78 is 4.75. The summed E-state index contributed by atoms with van der Waals surface area (Å²) in [4.78, 5) is 29.3. The number of carbonyl (C=O) groups is 3. The van der Waals surface area contributed by atoms with E-state index < -0.39 is 11.9 Å². The average molecular weight is 391 g/mol. The number of carboxylic acid groups (broad SMARTS) is 2. The molecule has 8 nitrogen and oxygen atoms in total. The Kier molecular flexibility index (Phi) is 38.5. The van der Waals surface area contributed by atoms with Crippen molar-refractivity contribution in [2.24, 2.45) is 0 Å². The predicted molar refractivity (Wildman–Crippen MR) is 97.9 cm³/mol. The second-order valence-electron chi connectivity index (χ2n) is 3.81. The third-order valence-electron chi connectivity index (χ3n) is 1.66. The average Bonchev–Trinajstić information content (AvgIpc) is 2.56. The summed E-state index contributed by atoms with van der Waals surface area (Å²) in [6.07, 6.45) is 3.83. The molecule has 0 aliphatic heterocycles. The highest BCUT2D eigenvalue weighted by atomic mass is 32.1. The Balaban J connectivity index is -0.000000121. The highest BCUT2D eigenvalue weighted by molar-refractivity contribution is 7.81. The summed E-state index contributed by atoms with van der Waals surface area (Å²) in [5.41, 5.74) is 0. The van der Waals surface area contributed by atoms with Gasteiger partial charge in [0, 0.05) is 6.42 Å². The van der Waals surface area contributed by atoms with Crippen molar-refractivity contribution in [3.05, 3.63) is 0 Å². The van der Waals surface area contributed by atoms with Crippen LogP contribution in [0.5, 0.6) is 0 Å². The lowest BCUT2D eigenvalue weighted by atomic mass is 10.2. The van der Waals surface area contributed by atoms with Crippen molar-refractivity contribution in [3.63, 3.8) is 0 Å². The Morgan fingerprint density at radius 2 is 1.25 bits per heavy atom. The van der Waals surface area contributed by atoms with Gasteiger partial charge in [-0.05, 0) is 13.3 Å². The molecule has 0 saturated carbocycles. The van der Waals surface area contributed by atoms with Crippen LogP contribution in [-0.4, -0.2) is 69.7 Å². The van der Waals surface area contributed by atoms with Crippen LogP contribution in [-0.2, 0) is 19.1 Å². The standard InChI is InChI=1S/C8H16O2.2C2H4O2S.C2H6O2/c1-3-5-6-7-8(9)10-4-2;2*3-2(4)1-5;3-1-2-4/h3-7H2,1-2H3;2*5H,1H2,(H,3,4);3-4H,1-2H2. The van der Waals surface area contributed by atoms with Gasteiger partial charge < -0.3 is 25.2 Å². The topological polar surface area (TPSA) is 141 Å². The minimum atomic E-state index is -0.881. The molecule has 0 aromatic rings. The van der Waals surface area contributed by atoms with Crippen molar-refractivity contribution in [1.29, 1.82) is 0 Å². The summed E-state index contributed by atoms with van der Waals surface area (Å²) in [5.74, 6) is -1.99. The van der Waals surface area contributed by atoms with E-state index in [2.05, 4.69) is 32.2 Å². The maximum Gasteiger partial charge on any atom is 0.313 e. The second-order valence-corrected chi connectivity index (χ2v) is 4.45. The molecule has 10 heteroatoms. The molecular weight excluding hydrogens is 360 g/mol. The van der Waals surface area contributed by atoms with E-state index in [0.29, 0.717) is 13.0 Å². The summed E-state index contributed by atoms with van der Waals surface area (Å²) in [6.45, 7) is 4.20. The fourth-order valence-electron chi connectivity index (χ4n) is 0.752. The number of carbonyl (C=O) groups excluding carboxylic acids is 1. The van der Waals surface area contributed by atoms with Gasteiger partial charge in [-0.15, -0.1) is 0 Å². The third-order valence-corrected chi connectivity index (χ3v) is 2.20. The summed E-state index contributed by atoms with van der Waals surface area (Å²) in [7, 11) is 0. The van der Waals surface area contributed by atoms with Crippen molar-refractivity contribution < 1.29 is 39.5 Å². The van der Waals surface area contributed by atoms with Gasteiger partial charge in [-0.3, -0.25) is 14.4 Å². The molecule has 0 rings (SSSR count). The first kappa shape index (κ1) is 30.9. The Bertz CT molecular complexity index is 272. The van der Waals surface area contributed by atoms with E-state index in [1.54, 1.807) is 0 Å². The van der Waals surface area contributed by atoms with Crippen LogP contribution in [0.4, 0.5) is 0 Å². The first-order valence-corrected chi connectivity index (χ1v) is 8.56. The van der Waals surface area contributed by atoms with Crippen LogP contribution in [0.1, 0.15) is 39.5 Å². The molecule has 0 bridgehead atoms. The van der Waals surface area contributed by atoms with Gasteiger partial charge in [0.1, 0.15) is 0 Å². The first-order valence-electron chi connectivity index (χ1n) is 7.29. The van der Waals surface area contributed by atoms with E-state index in [1.165, 1.54) is 0 Å². The molecule has 0 spiro atoms. The van der Waals surface area contributed by atoms with E-state index in [4.69, 9.17) is 25.2 Å². The van der Waals surface area contributed by atoms with Crippen LogP contribution in [0.2, 0.25) is 0 Å². The zero-order chi connectivity index (χ0) is 19.8. The normalized spacial score (nSPS) is 8.25. The number of aliphatic hydroxyl groups excluding tert-OH is 2. The van der Waals surface area contributed by atoms with Crippen LogP contribution >= 0.6 is 25.3 Å². The van der Waals surface area contributed by atoms with Gasteiger partial charge in [-0.25, -0.2) is 0 Å². The van der Waals surface area contributed by atoms with Crippen LogP contribution in [0.15, 0.2) is 0 Å². The quantitative estimate of drug-likeness (QED) is 0.206. The van der Waals surface area contributed by atoms with E-state index in [1.807, 2.05) is 6.92 Å². The molecule has 0 saturated heterocycles. The molecule has 0 unspecified atom stereocenters. The monoisotopic (exact) mass is 390 g/mol. The molecule has 0 aliphatic carbocycles. The Morgan fingerprint density at radius 3 is 1.46 bits per heavy atom. The van der Waals surface area contributed by atoms with Crippen molar-refractivity contribution in [1.82, 2.24) is 0 Å². The lowest BCUT2D eigenvalue weighted by Crippen LogP contribution is -2.02. The highest BCUT2D eigenvalue weighted by Crippen LogP contribution is 1.99. The zero-order valence-corrected chi connectivity index (χ0v) is 16.0.